The van der Waals surface area contributed by atoms with Crippen LogP contribution < -0.4 is 4.90 Å². The third-order valence-corrected chi connectivity index (χ3v) is 4.86. The number of halogens is 1. The number of anilines is 1. The van der Waals surface area contributed by atoms with Crippen LogP contribution in [0.4, 0.5) is 5.13 Å². The minimum Gasteiger partial charge on any atom is -0.347 e. The van der Waals surface area contributed by atoms with E-state index in [0.717, 1.165) is 23.9 Å². The molecule has 2 heterocycles. The first-order valence-corrected chi connectivity index (χ1v) is 6.66. The SMILES string of the molecule is Cc1nc(N2CCC(C)C(Cl)C2)sc1C. The maximum absolute atomic E-state index is 6.29. The third kappa shape index (κ3) is 2.28. The van der Waals surface area contributed by atoms with Gasteiger partial charge in [0.2, 0.25) is 0 Å². The van der Waals surface area contributed by atoms with E-state index >= 15 is 0 Å². The van der Waals surface area contributed by atoms with E-state index in [1.807, 2.05) is 0 Å². The van der Waals surface area contributed by atoms with E-state index in [9.17, 15) is 0 Å². The summed E-state index contributed by atoms with van der Waals surface area (Å²) >= 11 is 8.07. The van der Waals surface area contributed by atoms with Gasteiger partial charge in [-0.15, -0.1) is 22.9 Å². The molecule has 2 atom stereocenters. The van der Waals surface area contributed by atoms with E-state index in [4.69, 9.17) is 11.6 Å². The van der Waals surface area contributed by atoms with Gasteiger partial charge in [0.05, 0.1) is 11.1 Å². The summed E-state index contributed by atoms with van der Waals surface area (Å²) in [6.45, 7) is 8.46. The molecule has 2 unspecified atom stereocenters. The first-order chi connectivity index (χ1) is 7.08. The van der Waals surface area contributed by atoms with E-state index in [-0.39, 0.29) is 5.38 Å². The van der Waals surface area contributed by atoms with Crippen LogP contribution in [0.5, 0.6) is 0 Å². The summed E-state index contributed by atoms with van der Waals surface area (Å²) in [5, 5.41) is 1.41. The lowest BCUT2D eigenvalue weighted by Crippen LogP contribution is -2.40. The zero-order valence-corrected chi connectivity index (χ0v) is 11.0. The van der Waals surface area contributed by atoms with E-state index in [1.165, 1.54) is 11.3 Å². The fourth-order valence-corrected chi connectivity index (χ4v) is 3.02. The molecule has 0 aromatic carbocycles. The van der Waals surface area contributed by atoms with Gasteiger partial charge in [0.1, 0.15) is 0 Å². The molecular formula is C11H17ClN2S. The Morgan fingerprint density at radius 3 is 2.73 bits per heavy atom. The number of hydrogen-bond acceptors (Lipinski definition) is 3. The van der Waals surface area contributed by atoms with Crippen LogP contribution in [0.15, 0.2) is 0 Å². The summed E-state index contributed by atoms with van der Waals surface area (Å²) in [5.74, 6) is 0.630. The summed E-state index contributed by atoms with van der Waals surface area (Å²) in [5.41, 5.74) is 1.15. The Labute approximate surface area is 100 Å². The second-order valence-corrected chi connectivity index (χ2v) is 6.11. The number of hydrogen-bond donors (Lipinski definition) is 0. The number of nitrogens with zero attached hydrogens (tertiary/aromatic N) is 2. The minimum absolute atomic E-state index is 0.267. The average molecular weight is 245 g/mol. The molecule has 0 saturated carbocycles. The molecule has 1 aromatic heterocycles. The van der Waals surface area contributed by atoms with Crippen molar-refractivity contribution in [3.05, 3.63) is 10.6 Å². The summed E-state index contributed by atoms with van der Waals surface area (Å²) in [4.78, 5) is 8.22. The quantitative estimate of drug-likeness (QED) is 0.706. The molecule has 2 nitrogen and oxygen atoms in total. The van der Waals surface area contributed by atoms with Crippen molar-refractivity contribution in [2.45, 2.75) is 32.6 Å². The Morgan fingerprint density at radius 2 is 2.20 bits per heavy atom. The van der Waals surface area contributed by atoms with E-state index in [1.54, 1.807) is 11.3 Å². The number of piperidine rings is 1. The van der Waals surface area contributed by atoms with Crippen LogP contribution in [0.25, 0.3) is 0 Å². The van der Waals surface area contributed by atoms with Gasteiger partial charge in [-0.25, -0.2) is 4.98 Å². The molecule has 1 fully saturated rings. The Balaban J connectivity index is 2.12. The zero-order chi connectivity index (χ0) is 11.0. The lowest BCUT2D eigenvalue weighted by molar-refractivity contribution is 0.445. The smallest absolute Gasteiger partial charge is 0.185 e. The highest BCUT2D eigenvalue weighted by atomic mass is 35.5. The maximum Gasteiger partial charge on any atom is 0.185 e. The van der Waals surface area contributed by atoms with Gasteiger partial charge in [-0.2, -0.15) is 0 Å². The summed E-state index contributed by atoms with van der Waals surface area (Å²) in [6.07, 6.45) is 1.17. The molecule has 1 aliphatic heterocycles. The van der Waals surface area contributed by atoms with E-state index < -0.39 is 0 Å². The first-order valence-electron chi connectivity index (χ1n) is 5.41. The van der Waals surface area contributed by atoms with Crippen LogP contribution in [0.3, 0.4) is 0 Å². The molecule has 0 spiro atoms. The lowest BCUT2D eigenvalue weighted by atomic mass is 9.99. The Hall–Kier alpha value is -0.280. The van der Waals surface area contributed by atoms with Crippen molar-refractivity contribution >= 4 is 28.1 Å². The highest BCUT2D eigenvalue weighted by Crippen LogP contribution is 2.30. The second-order valence-electron chi connectivity index (χ2n) is 4.37. The van der Waals surface area contributed by atoms with Gasteiger partial charge in [0.25, 0.3) is 0 Å². The van der Waals surface area contributed by atoms with Crippen molar-refractivity contribution in [1.82, 2.24) is 4.98 Å². The Morgan fingerprint density at radius 1 is 1.47 bits per heavy atom. The summed E-state index contributed by atoms with van der Waals surface area (Å²) in [7, 11) is 0. The zero-order valence-electron chi connectivity index (χ0n) is 9.46. The third-order valence-electron chi connectivity index (χ3n) is 3.15. The van der Waals surface area contributed by atoms with Crippen molar-refractivity contribution in [3.8, 4) is 0 Å². The van der Waals surface area contributed by atoms with Gasteiger partial charge in [0, 0.05) is 18.0 Å². The molecule has 0 amide bonds. The molecule has 15 heavy (non-hydrogen) atoms. The number of thiazole rings is 1. The molecule has 1 saturated heterocycles. The van der Waals surface area contributed by atoms with Gasteiger partial charge in [-0.05, 0) is 26.2 Å². The van der Waals surface area contributed by atoms with Crippen molar-refractivity contribution in [2.75, 3.05) is 18.0 Å². The molecular weight excluding hydrogens is 228 g/mol. The number of aromatic nitrogens is 1. The van der Waals surface area contributed by atoms with Crippen LogP contribution in [0, 0.1) is 19.8 Å². The second kappa shape index (κ2) is 4.30. The maximum atomic E-state index is 6.29. The molecule has 0 bridgehead atoms. The lowest BCUT2D eigenvalue weighted by Gasteiger charge is -2.33. The van der Waals surface area contributed by atoms with Crippen molar-refractivity contribution < 1.29 is 0 Å². The summed E-state index contributed by atoms with van der Waals surface area (Å²) in [6, 6.07) is 0. The Kier molecular flexibility index (Phi) is 3.21. The molecule has 2 rings (SSSR count). The number of alkyl halides is 1. The van der Waals surface area contributed by atoms with E-state index in [2.05, 4.69) is 30.7 Å². The van der Waals surface area contributed by atoms with Gasteiger partial charge < -0.3 is 4.90 Å². The minimum atomic E-state index is 0.267. The molecule has 0 radical (unpaired) electrons. The molecule has 1 aliphatic rings. The summed E-state index contributed by atoms with van der Waals surface area (Å²) < 4.78 is 0. The Bertz CT molecular complexity index is 331. The van der Waals surface area contributed by atoms with Crippen LogP contribution in [0.2, 0.25) is 0 Å². The first kappa shape index (κ1) is 11.2. The van der Waals surface area contributed by atoms with Gasteiger partial charge in [-0.3, -0.25) is 0 Å². The predicted molar refractivity (Wildman–Crippen MR) is 67.2 cm³/mol. The average Bonchev–Trinajstić information content (AvgIpc) is 2.52. The number of aryl methyl sites for hydroxylation is 2. The molecule has 84 valence electrons. The van der Waals surface area contributed by atoms with Gasteiger partial charge in [-0.1, -0.05) is 6.92 Å². The fraction of sp³-hybridized carbons (Fsp3) is 0.727. The van der Waals surface area contributed by atoms with Crippen LogP contribution in [0.1, 0.15) is 23.9 Å². The van der Waals surface area contributed by atoms with Crippen LogP contribution in [-0.2, 0) is 0 Å². The molecule has 1 aromatic rings. The largest absolute Gasteiger partial charge is 0.347 e. The van der Waals surface area contributed by atoms with Crippen molar-refractivity contribution in [3.63, 3.8) is 0 Å². The van der Waals surface area contributed by atoms with Gasteiger partial charge in [0.15, 0.2) is 5.13 Å². The van der Waals surface area contributed by atoms with Gasteiger partial charge >= 0.3 is 0 Å². The predicted octanol–water partition coefficient (Wildman–Crippen LogP) is 3.21. The highest BCUT2D eigenvalue weighted by Gasteiger charge is 2.26. The van der Waals surface area contributed by atoms with E-state index in [0.29, 0.717) is 5.92 Å². The number of rotatable bonds is 1. The molecule has 4 heteroatoms. The highest BCUT2D eigenvalue weighted by molar-refractivity contribution is 7.15. The van der Waals surface area contributed by atoms with Crippen LogP contribution in [-0.4, -0.2) is 23.5 Å². The molecule has 0 N–H and O–H groups in total. The monoisotopic (exact) mass is 244 g/mol. The van der Waals surface area contributed by atoms with Crippen LogP contribution >= 0.6 is 22.9 Å². The fourth-order valence-electron chi connectivity index (χ4n) is 1.79. The topological polar surface area (TPSA) is 16.1 Å². The van der Waals surface area contributed by atoms with Crippen molar-refractivity contribution in [2.24, 2.45) is 5.92 Å². The van der Waals surface area contributed by atoms with Crippen molar-refractivity contribution in [1.29, 1.82) is 0 Å². The molecule has 0 aliphatic carbocycles. The standard InChI is InChI=1S/C11H17ClN2S/c1-7-4-5-14(6-10(7)12)11-13-8(2)9(3)15-11/h7,10H,4-6H2,1-3H3. The normalized spacial score (nSPS) is 27.1.